The molecule has 0 aliphatic heterocycles. The number of hydrogen-bond acceptors (Lipinski definition) is 5. The van der Waals surface area contributed by atoms with Crippen molar-refractivity contribution in [2.45, 2.75) is 20.8 Å². The number of carbonyl (C=O) groups is 2. The van der Waals surface area contributed by atoms with E-state index in [2.05, 4.69) is 13.2 Å². The molecule has 0 aliphatic rings. The molecule has 110 valence electrons. The van der Waals surface area contributed by atoms with Gasteiger partial charge in [0.2, 0.25) is 0 Å². The van der Waals surface area contributed by atoms with Gasteiger partial charge in [-0.2, -0.15) is 0 Å². The van der Waals surface area contributed by atoms with Gasteiger partial charge in [-0.05, 0) is 27.4 Å². The Kier molecular flexibility index (Phi) is 13.0. The molecule has 0 bridgehead atoms. The molecule has 1 N–H and O–H groups in total. The van der Waals surface area contributed by atoms with Gasteiger partial charge in [0.05, 0.1) is 13.2 Å². The number of hydrogen-bond donors (Lipinski definition) is 1. The van der Waals surface area contributed by atoms with E-state index < -0.39 is 11.9 Å². The van der Waals surface area contributed by atoms with Gasteiger partial charge in [0.1, 0.15) is 6.61 Å². The molecule has 6 heteroatoms. The molecule has 0 aromatic carbocycles. The minimum absolute atomic E-state index is 0.0407. The summed E-state index contributed by atoms with van der Waals surface area (Å²) in [4.78, 5) is 20.6. The highest BCUT2D eigenvalue weighted by molar-refractivity contribution is 5.85. The third kappa shape index (κ3) is 14.1. The Morgan fingerprint density at radius 1 is 1.05 bits per heavy atom. The lowest BCUT2D eigenvalue weighted by atomic mass is 10.4. The van der Waals surface area contributed by atoms with E-state index in [1.165, 1.54) is 6.92 Å². The Bertz CT molecular complexity index is 296. The lowest BCUT2D eigenvalue weighted by Gasteiger charge is -2.06. The fourth-order valence-electron chi connectivity index (χ4n) is 0.651. The topological polar surface area (TPSA) is 82.1 Å². The van der Waals surface area contributed by atoms with Crippen LogP contribution in [0, 0.1) is 0 Å². The molecule has 0 unspecified atom stereocenters. The third-order valence-electron chi connectivity index (χ3n) is 1.58. The molecule has 0 fully saturated rings. The molecule has 0 amide bonds. The Balaban J connectivity index is 0. The van der Waals surface area contributed by atoms with E-state index in [9.17, 15) is 9.59 Å². The fraction of sp³-hybridized carbons (Fsp3) is 0.538. The second kappa shape index (κ2) is 12.6. The molecule has 6 nitrogen and oxygen atoms in total. The van der Waals surface area contributed by atoms with Crippen LogP contribution in [0.3, 0.4) is 0 Å². The molecule has 0 saturated carbocycles. The molecule has 0 saturated heterocycles. The first kappa shape index (κ1) is 19.5. The van der Waals surface area contributed by atoms with Gasteiger partial charge in [0.15, 0.2) is 5.76 Å². The quantitative estimate of drug-likeness (QED) is 0.314. The van der Waals surface area contributed by atoms with Crippen molar-refractivity contribution in [1.82, 2.24) is 0 Å². The first-order valence-electron chi connectivity index (χ1n) is 5.82. The van der Waals surface area contributed by atoms with Crippen molar-refractivity contribution in [1.29, 1.82) is 0 Å². The number of carbonyl (C=O) groups excluding carboxylic acids is 1. The summed E-state index contributed by atoms with van der Waals surface area (Å²) in [6.45, 7) is 13.3. The van der Waals surface area contributed by atoms with Crippen LogP contribution >= 0.6 is 0 Å². The zero-order valence-corrected chi connectivity index (χ0v) is 11.7. The van der Waals surface area contributed by atoms with Gasteiger partial charge in [0, 0.05) is 12.2 Å². The second-order valence-corrected chi connectivity index (χ2v) is 3.27. The van der Waals surface area contributed by atoms with Crippen LogP contribution in [0.25, 0.3) is 0 Å². The van der Waals surface area contributed by atoms with Crippen LogP contribution in [0.4, 0.5) is 0 Å². The molecule has 19 heavy (non-hydrogen) atoms. The van der Waals surface area contributed by atoms with Crippen LogP contribution < -0.4 is 0 Å². The maximum absolute atomic E-state index is 11.0. The van der Waals surface area contributed by atoms with Crippen molar-refractivity contribution >= 4 is 11.9 Å². The summed E-state index contributed by atoms with van der Waals surface area (Å²) in [5.41, 5.74) is 0.176. The summed E-state index contributed by atoms with van der Waals surface area (Å²) in [7, 11) is 0. The van der Waals surface area contributed by atoms with Crippen LogP contribution in [0.1, 0.15) is 20.8 Å². The summed E-state index contributed by atoms with van der Waals surface area (Å²) in [6.07, 6.45) is 0. The van der Waals surface area contributed by atoms with E-state index in [0.29, 0.717) is 19.8 Å². The average Bonchev–Trinajstić information content (AvgIpc) is 2.35. The first-order valence-corrected chi connectivity index (χ1v) is 5.82. The fourth-order valence-corrected chi connectivity index (χ4v) is 0.651. The minimum Gasteiger partial charge on any atom is -0.487 e. The van der Waals surface area contributed by atoms with Gasteiger partial charge in [-0.15, -0.1) is 0 Å². The molecule has 0 radical (unpaired) electrons. The molecule has 0 atom stereocenters. The highest BCUT2D eigenvalue weighted by Crippen LogP contribution is 1.96. The third-order valence-corrected chi connectivity index (χ3v) is 1.58. The maximum Gasteiger partial charge on any atom is 0.373 e. The van der Waals surface area contributed by atoms with E-state index >= 15 is 0 Å². The summed E-state index contributed by atoms with van der Waals surface area (Å²) in [6, 6.07) is 0. The Morgan fingerprint density at radius 3 is 1.95 bits per heavy atom. The number of aliphatic carboxylic acids is 1. The monoisotopic (exact) mass is 274 g/mol. The SMILES string of the molecule is C=C(C)C(=O)O.C=C(OCC)C(=O)OCCOCC. The van der Waals surface area contributed by atoms with E-state index in [4.69, 9.17) is 19.3 Å². The highest BCUT2D eigenvalue weighted by Gasteiger charge is 2.08. The number of carboxylic acids is 1. The second-order valence-electron chi connectivity index (χ2n) is 3.27. The summed E-state index contributed by atoms with van der Waals surface area (Å²) < 4.78 is 14.6. The van der Waals surface area contributed by atoms with Crippen LogP contribution in [-0.4, -0.2) is 43.5 Å². The van der Waals surface area contributed by atoms with Crippen molar-refractivity contribution in [3.8, 4) is 0 Å². The molecule has 0 aliphatic carbocycles. The highest BCUT2D eigenvalue weighted by atomic mass is 16.6. The van der Waals surface area contributed by atoms with Crippen molar-refractivity contribution in [2.75, 3.05) is 26.4 Å². The summed E-state index contributed by atoms with van der Waals surface area (Å²) in [5, 5.41) is 7.89. The Morgan fingerprint density at radius 2 is 1.58 bits per heavy atom. The largest absolute Gasteiger partial charge is 0.487 e. The van der Waals surface area contributed by atoms with Crippen molar-refractivity contribution in [3.05, 3.63) is 24.5 Å². The zero-order valence-electron chi connectivity index (χ0n) is 11.7. The van der Waals surface area contributed by atoms with Gasteiger partial charge in [-0.1, -0.05) is 6.58 Å². The summed E-state index contributed by atoms with van der Waals surface area (Å²) >= 11 is 0. The predicted octanol–water partition coefficient (Wildman–Crippen LogP) is 1.76. The van der Waals surface area contributed by atoms with Gasteiger partial charge in [-0.3, -0.25) is 0 Å². The lowest BCUT2D eigenvalue weighted by Crippen LogP contribution is -2.13. The molecule has 0 heterocycles. The van der Waals surface area contributed by atoms with E-state index in [0.717, 1.165) is 0 Å². The van der Waals surface area contributed by atoms with Crippen LogP contribution in [0.5, 0.6) is 0 Å². The number of rotatable bonds is 8. The minimum atomic E-state index is -0.935. The smallest absolute Gasteiger partial charge is 0.373 e. The van der Waals surface area contributed by atoms with Gasteiger partial charge in [-0.25, -0.2) is 9.59 Å². The molecule has 0 aromatic rings. The van der Waals surface area contributed by atoms with Crippen molar-refractivity contribution < 1.29 is 28.9 Å². The predicted molar refractivity (Wildman–Crippen MR) is 70.7 cm³/mol. The first-order chi connectivity index (χ1) is 8.86. The van der Waals surface area contributed by atoms with E-state index in [1.54, 1.807) is 6.92 Å². The molecule has 0 aromatic heterocycles. The van der Waals surface area contributed by atoms with Crippen LogP contribution in [0.15, 0.2) is 24.5 Å². The summed E-state index contributed by atoms with van der Waals surface area (Å²) in [5.74, 6) is -1.42. The molecular formula is C13H22O6. The Hall–Kier alpha value is -1.82. The van der Waals surface area contributed by atoms with Crippen molar-refractivity contribution in [2.24, 2.45) is 0 Å². The number of esters is 1. The van der Waals surface area contributed by atoms with E-state index in [1.807, 2.05) is 6.92 Å². The van der Waals surface area contributed by atoms with Crippen molar-refractivity contribution in [3.63, 3.8) is 0 Å². The Labute approximate surface area is 113 Å². The van der Waals surface area contributed by atoms with Gasteiger partial charge in [0.25, 0.3) is 0 Å². The van der Waals surface area contributed by atoms with Crippen LogP contribution in [-0.2, 0) is 23.8 Å². The zero-order chi connectivity index (χ0) is 15.3. The number of carboxylic acid groups (broad SMARTS) is 1. The number of ether oxygens (including phenoxy) is 3. The lowest BCUT2D eigenvalue weighted by molar-refractivity contribution is -0.144. The normalized spacial score (nSPS) is 8.79. The maximum atomic E-state index is 11.0. The molecular weight excluding hydrogens is 252 g/mol. The molecule has 0 spiro atoms. The van der Waals surface area contributed by atoms with E-state index in [-0.39, 0.29) is 17.9 Å². The van der Waals surface area contributed by atoms with Crippen LogP contribution in [0.2, 0.25) is 0 Å². The van der Waals surface area contributed by atoms with Gasteiger partial charge >= 0.3 is 11.9 Å². The standard InChI is InChI=1S/C9H16O4.C4H6O2/c1-4-11-6-7-13-9(10)8(3)12-5-2;1-3(2)4(5)6/h3-7H2,1-2H3;1H2,2H3,(H,5,6). The molecule has 0 rings (SSSR count). The average molecular weight is 274 g/mol. The van der Waals surface area contributed by atoms with Gasteiger partial charge < -0.3 is 19.3 Å².